The van der Waals surface area contributed by atoms with Crippen molar-refractivity contribution in [2.24, 2.45) is 0 Å². The molecule has 1 aromatic carbocycles. The van der Waals surface area contributed by atoms with Gasteiger partial charge in [0.15, 0.2) is 9.84 Å². The van der Waals surface area contributed by atoms with E-state index in [4.69, 9.17) is 4.52 Å². The van der Waals surface area contributed by atoms with Gasteiger partial charge in [0, 0.05) is 19.2 Å². The molecule has 22 heavy (non-hydrogen) atoms. The Bertz CT molecular complexity index is 741. The molecule has 2 aromatic rings. The maximum atomic E-state index is 12.5. The molecule has 1 saturated heterocycles. The maximum Gasteiger partial charge on any atom is 0.292 e. The molecule has 0 aliphatic carbocycles. The molecule has 0 spiro atoms. The molecular weight excluding hydrogens is 304 g/mol. The Morgan fingerprint density at radius 1 is 1.18 bits per heavy atom. The largest absolute Gasteiger partial charge is 0.351 e. The molecule has 6 nitrogen and oxygen atoms in total. The van der Waals surface area contributed by atoms with E-state index in [2.05, 4.69) is 5.16 Å². The van der Waals surface area contributed by atoms with Gasteiger partial charge in [0.1, 0.15) is 0 Å². The van der Waals surface area contributed by atoms with E-state index in [0.717, 1.165) is 5.56 Å². The molecule has 1 unspecified atom stereocenters. The van der Waals surface area contributed by atoms with Crippen molar-refractivity contribution in [2.75, 3.05) is 18.8 Å². The zero-order valence-electron chi connectivity index (χ0n) is 11.9. The van der Waals surface area contributed by atoms with Crippen LogP contribution in [-0.4, -0.2) is 43.2 Å². The third-order valence-electron chi connectivity index (χ3n) is 3.85. The first-order valence-corrected chi connectivity index (χ1v) is 8.76. The van der Waals surface area contributed by atoms with Gasteiger partial charge < -0.3 is 9.42 Å². The molecule has 0 saturated carbocycles. The Hall–Kier alpha value is -2.15. The summed E-state index contributed by atoms with van der Waals surface area (Å²) in [6, 6.07) is 10.6. The fraction of sp³-hybridized carbons (Fsp3) is 0.333. The fourth-order valence-corrected chi connectivity index (χ4v) is 4.47. The number of sulfone groups is 1. The normalized spacial score (nSPS) is 21.3. The lowest BCUT2D eigenvalue weighted by Gasteiger charge is -2.18. The zero-order valence-corrected chi connectivity index (χ0v) is 12.7. The number of hydrogen-bond acceptors (Lipinski definition) is 5. The minimum atomic E-state index is -3.29. The SMILES string of the molecule is O=C(c1ccno1)N1CCC(c2ccccc2)S(=O)(=O)CC1. The van der Waals surface area contributed by atoms with Crippen LogP contribution in [0.1, 0.15) is 27.8 Å². The van der Waals surface area contributed by atoms with Crippen molar-refractivity contribution in [3.8, 4) is 0 Å². The van der Waals surface area contributed by atoms with Crippen LogP contribution in [0.4, 0.5) is 0 Å². The summed E-state index contributed by atoms with van der Waals surface area (Å²) in [5, 5.41) is 2.94. The van der Waals surface area contributed by atoms with Crippen LogP contribution in [0.2, 0.25) is 0 Å². The second-order valence-electron chi connectivity index (χ2n) is 5.22. The van der Waals surface area contributed by atoms with Crippen molar-refractivity contribution in [3.63, 3.8) is 0 Å². The van der Waals surface area contributed by atoms with E-state index in [1.54, 1.807) is 0 Å². The summed E-state index contributed by atoms with van der Waals surface area (Å²) in [5.41, 5.74) is 0.775. The number of hydrogen-bond donors (Lipinski definition) is 0. The average Bonchev–Trinajstić information content (AvgIpc) is 3.00. The second-order valence-corrected chi connectivity index (χ2v) is 7.53. The van der Waals surface area contributed by atoms with Crippen molar-refractivity contribution in [1.29, 1.82) is 0 Å². The molecule has 1 amide bonds. The molecule has 0 radical (unpaired) electrons. The third-order valence-corrected chi connectivity index (χ3v) is 5.97. The molecule has 116 valence electrons. The van der Waals surface area contributed by atoms with Crippen LogP contribution in [0.15, 0.2) is 47.1 Å². The number of carbonyl (C=O) groups is 1. The van der Waals surface area contributed by atoms with Gasteiger partial charge in [-0.15, -0.1) is 0 Å². The highest BCUT2D eigenvalue weighted by Gasteiger charge is 2.33. The van der Waals surface area contributed by atoms with Gasteiger partial charge in [0.25, 0.3) is 5.91 Å². The van der Waals surface area contributed by atoms with Crippen LogP contribution in [0.5, 0.6) is 0 Å². The molecule has 2 heterocycles. The number of rotatable bonds is 2. The highest BCUT2D eigenvalue weighted by molar-refractivity contribution is 7.91. The number of amides is 1. The molecule has 1 atom stereocenters. The predicted molar refractivity (Wildman–Crippen MR) is 80.0 cm³/mol. The Labute approximate surface area is 128 Å². The molecule has 0 bridgehead atoms. The first-order chi connectivity index (χ1) is 10.6. The molecule has 1 aliphatic rings. The standard InChI is InChI=1S/C15H16N2O4S/c18-15(13-6-8-16-21-13)17-9-7-14(22(19,20)11-10-17)12-4-2-1-3-5-12/h1-6,8,14H,7,9-11H2. The van der Waals surface area contributed by atoms with Crippen molar-refractivity contribution in [1.82, 2.24) is 10.1 Å². The lowest BCUT2D eigenvalue weighted by molar-refractivity contribution is 0.0724. The molecule has 1 aliphatic heterocycles. The minimum absolute atomic E-state index is 0.0492. The molecule has 0 N–H and O–H groups in total. The lowest BCUT2D eigenvalue weighted by atomic mass is 10.1. The first kappa shape index (κ1) is 14.8. The van der Waals surface area contributed by atoms with Gasteiger partial charge in [0.05, 0.1) is 17.2 Å². The smallest absolute Gasteiger partial charge is 0.292 e. The van der Waals surface area contributed by atoms with Crippen molar-refractivity contribution in [2.45, 2.75) is 11.7 Å². The maximum absolute atomic E-state index is 12.5. The molecule has 1 fully saturated rings. The number of aromatic nitrogens is 1. The van der Waals surface area contributed by atoms with E-state index in [-0.39, 0.29) is 24.0 Å². The van der Waals surface area contributed by atoms with Crippen LogP contribution in [-0.2, 0) is 9.84 Å². The zero-order chi connectivity index (χ0) is 15.6. The van der Waals surface area contributed by atoms with Crippen LogP contribution >= 0.6 is 0 Å². The Kier molecular flexibility index (Phi) is 3.98. The van der Waals surface area contributed by atoms with E-state index >= 15 is 0 Å². The van der Waals surface area contributed by atoms with Crippen LogP contribution < -0.4 is 0 Å². The summed E-state index contributed by atoms with van der Waals surface area (Å²) in [5.74, 6) is -0.233. The van der Waals surface area contributed by atoms with E-state index in [0.29, 0.717) is 13.0 Å². The van der Waals surface area contributed by atoms with Gasteiger partial charge in [-0.05, 0) is 12.0 Å². The summed E-state index contributed by atoms with van der Waals surface area (Å²) >= 11 is 0. The third kappa shape index (κ3) is 2.89. The molecule has 3 rings (SSSR count). The summed E-state index contributed by atoms with van der Waals surface area (Å²) in [4.78, 5) is 13.8. The first-order valence-electron chi connectivity index (χ1n) is 7.04. The predicted octanol–water partition coefficient (Wildman–Crippen LogP) is 1.68. The number of benzene rings is 1. The van der Waals surface area contributed by atoms with Gasteiger partial charge in [-0.1, -0.05) is 35.5 Å². The van der Waals surface area contributed by atoms with E-state index < -0.39 is 15.1 Å². The summed E-state index contributed by atoms with van der Waals surface area (Å²) in [6.07, 6.45) is 1.78. The number of nitrogens with zero attached hydrogens (tertiary/aromatic N) is 2. The lowest BCUT2D eigenvalue weighted by Crippen LogP contribution is -2.33. The topological polar surface area (TPSA) is 80.5 Å². The Balaban J connectivity index is 1.82. The van der Waals surface area contributed by atoms with Gasteiger partial charge in [0.2, 0.25) is 5.76 Å². The van der Waals surface area contributed by atoms with E-state index in [1.807, 2.05) is 30.3 Å². The van der Waals surface area contributed by atoms with Gasteiger partial charge >= 0.3 is 0 Å². The van der Waals surface area contributed by atoms with Crippen molar-refractivity contribution < 1.29 is 17.7 Å². The quantitative estimate of drug-likeness (QED) is 0.841. The molecule has 7 heteroatoms. The molecular formula is C15H16N2O4S. The minimum Gasteiger partial charge on any atom is -0.351 e. The van der Waals surface area contributed by atoms with Gasteiger partial charge in [-0.2, -0.15) is 0 Å². The monoisotopic (exact) mass is 320 g/mol. The Morgan fingerprint density at radius 2 is 1.95 bits per heavy atom. The van der Waals surface area contributed by atoms with E-state index in [1.165, 1.54) is 17.2 Å². The van der Waals surface area contributed by atoms with E-state index in [9.17, 15) is 13.2 Å². The van der Waals surface area contributed by atoms with Crippen molar-refractivity contribution >= 4 is 15.7 Å². The average molecular weight is 320 g/mol. The fourth-order valence-electron chi connectivity index (χ4n) is 2.67. The van der Waals surface area contributed by atoms with Crippen LogP contribution in [0, 0.1) is 0 Å². The van der Waals surface area contributed by atoms with Crippen LogP contribution in [0.25, 0.3) is 0 Å². The van der Waals surface area contributed by atoms with Gasteiger partial charge in [-0.3, -0.25) is 4.79 Å². The number of carbonyl (C=O) groups excluding carboxylic acids is 1. The summed E-state index contributed by atoms with van der Waals surface area (Å²) in [7, 11) is -3.29. The highest BCUT2D eigenvalue weighted by Crippen LogP contribution is 2.29. The second kappa shape index (κ2) is 5.92. The summed E-state index contributed by atoms with van der Waals surface area (Å²) in [6.45, 7) is 0.545. The van der Waals surface area contributed by atoms with Crippen molar-refractivity contribution in [3.05, 3.63) is 53.9 Å². The Morgan fingerprint density at radius 3 is 2.64 bits per heavy atom. The molecule has 1 aromatic heterocycles. The summed E-state index contributed by atoms with van der Waals surface area (Å²) < 4.78 is 29.8. The van der Waals surface area contributed by atoms with Crippen LogP contribution in [0.3, 0.4) is 0 Å². The van der Waals surface area contributed by atoms with Gasteiger partial charge in [-0.25, -0.2) is 8.42 Å². The highest BCUT2D eigenvalue weighted by atomic mass is 32.2.